The van der Waals surface area contributed by atoms with Gasteiger partial charge in [-0.05, 0) is 42.0 Å². The summed E-state index contributed by atoms with van der Waals surface area (Å²) < 4.78 is 40.8. The van der Waals surface area contributed by atoms with Gasteiger partial charge < -0.3 is 10.6 Å². The van der Waals surface area contributed by atoms with E-state index in [0.29, 0.717) is 4.47 Å². The summed E-state index contributed by atoms with van der Waals surface area (Å²) in [7, 11) is 1.34. The molecule has 0 aromatic heterocycles. The van der Waals surface area contributed by atoms with Crippen LogP contribution in [0.3, 0.4) is 0 Å². The Hall–Kier alpha value is -2.61. The molecule has 0 aliphatic carbocycles. The van der Waals surface area contributed by atoms with E-state index in [1.165, 1.54) is 37.4 Å². The second kappa shape index (κ2) is 8.66. The van der Waals surface area contributed by atoms with Crippen LogP contribution in [0.25, 0.3) is 6.08 Å². The van der Waals surface area contributed by atoms with Gasteiger partial charge in [-0.1, -0.05) is 22.0 Å². The molecule has 4 nitrogen and oxygen atoms in total. The van der Waals surface area contributed by atoms with E-state index in [9.17, 15) is 22.8 Å². The van der Waals surface area contributed by atoms with Crippen LogP contribution >= 0.6 is 15.9 Å². The Bertz CT molecular complexity index is 872. The lowest BCUT2D eigenvalue weighted by Gasteiger charge is -2.17. The van der Waals surface area contributed by atoms with Gasteiger partial charge in [-0.2, -0.15) is 0 Å². The van der Waals surface area contributed by atoms with Crippen molar-refractivity contribution in [1.82, 2.24) is 10.6 Å². The average Bonchev–Trinajstić information content (AvgIpc) is 2.62. The number of nitrogens with one attached hydrogen (secondary N) is 2. The van der Waals surface area contributed by atoms with Gasteiger partial charge in [0.05, 0.1) is 0 Å². The summed E-state index contributed by atoms with van der Waals surface area (Å²) in [5, 5.41) is 4.71. The molecular weight excluding hydrogens is 413 g/mol. The van der Waals surface area contributed by atoms with Crippen LogP contribution in [-0.2, 0) is 9.59 Å². The van der Waals surface area contributed by atoms with Crippen molar-refractivity contribution in [2.24, 2.45) is 0 Å². The zero-order chi connectivity index (χ0) is 19.3. The van der Waals surface area contributed by atoms with Gasteiger partial charge in [0, 0.05) is 23.2 Å². The molecule has 0 saturated carbocycles. The van der Waals surface area contributed by atoms with Gasteiger partial charge in [-0.3, -0.25) is 9.59 Å². The molecular formula is C18H14BrF3N2O2. The van der Waals surface area contributed by atoms with Crippen LogP contribution in [-0.4, -0.2) is 18.9 Å². The highest BCUT2D eigenvalue weighted by atomic mass is 79.9. The highest BCUT2D eigenvalue weighted by molar-refractivity contribution is 9.10. The molecule has 8 heteroatoms. The van der Waals surface area contributed by atoms with Crippen LogP contribution in [0.15, 0.2) is 46.9 Å². The van der Waals surface area contributed by atoms with Crippen molar-refractivity contribution < 1.29 is 22.8 Å². The molecule has 0 heterocycles. The second-order valence-electron chi connectivity index (χ2n) is 5.23. The highest BCUT2D eigenvalue weighted by Crippen LogP contribution is 2.18. The predicted molar refractivity (Wildman–Crippen MR) is 94.4 cm³/mol. The molecule has 0 aliphatic rings. The summed E-state index contributed by atoms with van der Waals surface area (Å²) in [5.41, 5.74) is 0.234. The van der Waals surface area contributed by atoms with E-state index >= 15 is 0 Å². The fraction of sp³-hybridized carbons (Fsp3) is 0.111. The Morgan fingerprint density at radius 3 is 2.38 bits per heavy atom. The molecule has 0 spiro atoms. The van der Waals surface area contributed by atoms with E-state index in [1.54, 1.807) is 0 Å². The molecule has 0 saturated heterocycles. The molecule has 2 rings (SSSR count). The first-order valence-electron chi connectivity index (χ1n) is 7.42. The lowest BCUT2D eigenvalue weighted by molar-refractivity contribution is -0.126. The second-order valence-corrected chi connectivity index (χ2v) is 6.14. The van der Waals surface area contributed by atoms with Crippen molar-refractivity contribution in [3.05, 3.63) is 75.5 Å². The van der Waals surface area contributed by atoms with Crippen molar-refractivity contribution in [2.45, 2.75) is 6.04 Å². The van der Waals surface area contributed by atoms with E-state index < -0.39 is 35.3 Å². The van der Waals surface area contributed by atoms with Crippen molar-refractivity contribution in [3.63, 3.8) is 0 Å². The van der Waals surface area contributed by atoms with Crippen LogP contribution in [0.4, 0.5) is 13.2 Å². The summed E-state index contributed by atoms with van der Waals surface area (Å²) in [5.74, 6) is -4.06. The van der Waals surface area contributed by atoms with Gasteiger partial charge in [0.1, 0.15) is 11.9 Å². The van der Waals surface area contributed by atoms with E-state index in [-0.39, 0.29) is 11.1 Å². The normalized spacial score (nSPS) is 12.0. The molecule has 0 radical (unpaired) electrons. The zero-order valence-corrected chi connectivity index (χ0v) is 15.1. The van der Waals surface area contributed by atoms with Crippen LogP contribution in [0.1, 0.15) is 17.2 Å². The van der Waals surface area contributed by atoms with Crippen molar-refractivity contribution in [3.8, 4) is 0 Å². The van der Waals surface area contributed by atoms with Crippen molar-refractivity contribution in [1.29, 1.82) is 0 Å². The van der Waals surface area contributed by atoms with Crippen LogP contribution in [0, 0.1) is 17.5 Å². The molecule has 2 N–H and O–H groups in total. The van der Waals surface area contributed by atoms with Gasteiger partial charge in [0.2, 0.25) is 11.8 Å². The molecule has 2 amide bonds. The van der Waals surface area contributed by atoms with Gasteiger partial charge >= 0.3 is 0 Å². The van der Waals surface area contributed by atoms with Crippen molar-refractivity contribution >= 4 is 33.8 Å². The Kier molecular flexibility index (Phi) is 6.57. The van der Waals surface area contributed by atoms with Gasteiger partial charge in [-0.25, -0.2) is 13.2 Å². The quantitative estimate of drug-likeness (QED) is 0.719. The molecule has 0 bridgehead atoms. The maximum absolute atomic E-state index is 13.7. The topological polar surface area (TPSA) is 58.2 Å². The Morgan fingerprint density at radius 1 is 1.04 bits per heavy atom. The zero-order valence-electron chi connectivity index (χ0n) is 13.5. The lowest BCUT2D eigenvalue weighted by atomic mass is 10.1. The number of likely N-dealkylation sites (N-methyl/N-ethyl adjacent to an activating group) is 1. The fourth-order valence-electron chi connectivity index (χ4n) is 2.13. The minimum atomic E-state index is -1.24. The minimum Gasteiger partial charge on any atom is -0.357 e. The Balaban J connectivity index is 2.21. The molecule has 0 fully saturated rings. The third-order valence-electron chi connectivity index (χ3n) is 3.44. The summed E-state index contributed by atoms with van der Waals surface area (Å²) in [6.07, 6.45) is 2.28. The van der Waals surface area contributed by atoms with Gasteiger partial charge in [-0.15, -0.1) is 0 Å². The van der Waals surface area contributed by atoms with Gasteiger partial charge in [0.25, 0.3) is 0 Å². The van der Waals surface area contributed by atoms with Gasteiger partial charge in [0.15, 0.2) is 11.6 Å². The number of rotatable bonds is 5. The average molecular weight is 427 g/mol. The maximum Gasteiger partial charge on any atom is 0.246 e. The third kappa shape index (κ3) is 4.95. The first kappa shape index (κ1) is 19.7. The Labute approximate surface area is 156 Å². The number of hydrogen-bond donors (Lipinski definition) is 2. The molecule has 0 aliphatic heterocycles. The molecule has 2 aromatic carbocycles. The lowest BCUT2D eigenvalue weighted by Crippen LogP contribution is -2.38. The van der Waals surface area contributed by atoms with E-state index in [1.807, 2.05) is 0 Å². The van der Waals surface area contributed by atoms with Crippen LogP contribution < -0.4 is 10.6 Å². The number of carbonyl (C=O) groups is 2. The molecule has 2 aromatic rings. The minimum absolute atomic E-state index is 0.0682. The summed E-state index contributed by atoms with van der Waals surface area (Å²) in [6, 6.07) is 5.86. The maximum atomic E-state index is 13.7. The van der Waals surface area contributed by atoms with E-state index in [0.717, 1.165) is 18.2 Å². The molecule has 1 unspecified atom stereocenters. The summed E-state index contributed by atoms with van der Waals surface area (Å²) >= 11 is 3.20. The largest absolute Gasteiger partial charge is 0.357 e. The highest BCUT2D eigenvalue weighted by Gasteiger charge is 2.22. The molecule has 26 heavy (non-hydrogen) atoms. The Morgan fingerprint density at radius 2 is 1.73 bits per heavy atom. The first-order chi connectivity index (χ1) is 12.3. The van der Waals surface area contributed by atoms with Crippen LogP contribution in [0.5, 0.6) is 0 Å². The van der Waals surface area contributed by atoms with Crippen molar-refractivity contribution in [2.75, 3.05) is 7.05 Å². The standard InChI is InChI=1S/C18H14BrF3N2O2/c1-23-18(26)17(11-2-5-14(21)15(22)9-11)24-16(25)7-3-10-8-12(19)4-6-13(10)20/h2-9,17H,1H3,(H,23,26)(H,24,25)/b7-3+. The predicted octanol–water partition coefficient (Wildman–Crippen LogP) is 3.48. The molecule has 1 atom stereocenters. The number of halogens is 4. The number of benzene rings is 2. The number of hydrogen-bond acceptors (Lipinski definition) is 2. The fourth-order valence-corrected chi connectivity index (χ4v) is 2.51. The number of carbonyl (C=O) groups excluding carboxylic acids is 2. The summed E-state index contributed by atoms with van der Waals surface area (Å²) in [6.45, 7) is 0. The molecule has 136 valence electrons. The number of amides is 2. The van der Waals surface area contributed by atoms with Crippen LogP contribution in [0.2, 0.25) is 0 Å². The third-order valence-corrected chi connectivity index (χ3v) is 3.94. The SMILES string of the molecule is CNC(=O)C(NC(=O)/C=C/c1cc(Br)ccc1F)c1ccc(F)c(F)c1. The monoisotopic (exact) mass is 426 g/mol. The van der Waals surface area contributed by atoms with E-state index in [4.69, 9.17) is 0 Å². The first-order valence-corrected chi connectivity index (χ1v) is 8.21. The smallest absolute Gasteiger partial charge is 0.246 e. The summed E-state index contributed by atoms with van der Waals surface area (Å²) in [4.78, 5) is 24.1. The van der Waals surface area contributed by atoms with E-state index in [2.05, 4.69) is 26.6 Å².